The molecule has 156 valence electrons. The van der Waals surface area contributed by atoms with Gasteiger partial charge in [0.2, 0.25) is 5.95 Å². The van der Waals surface area contributed by atoms with Crippen molar-refractivity contribution in [2.45, 2.75) is 6.92 Å². The van der Waals surface area contributed by atoms with Crippen molar-refractivity contribution < 1.29 is 0 Å². The first kappa shape index (κ1) is 19.6. The van der Waals surface area contributed by atoms with E-state index in [1.165, 1.54) is 5.69 Å². The van der Waals surface area contributed by atoms with Gasteiger partial charge in [-0.3, -0.25) is 0 Å². The number of rotatable bonds is 4. The van der Waals surface area contributed by atoms with E-state index < -0.39 is 0 Å². The predicted octanol–water partition coefficient (Wildman–Crippen LogP) is 4.62. The fourth-order valence-corrected chi connectivity index (χ4v) is 4.02. The lowest BCUT2D eigenvalue weighted by Gasteiger charge is -2.36. The zero-order valence-corrected chi connectivity index (χ0v) is 18.1. The average Bonchev–Trinajstić information content (AvgIpc) is 3.22. The van der Waals surface area contributed by atoms with Crippen molar-refractivity contribution in [3.8, 4) is 16.9 Å². The van der Waals surface area contributed by atoms with Crippen molar-refractivity contribution in [3.05, 3.63) is 83.8 Å². The van der Waals surface area contributed by atoms with Crippen molar-refractivity contribution in [2.75, 3.05) is 36.0 Å². The Hall–Kier alpha value is -3.38. The third kappa shape index (κ3) is 4.11. The van der Waals surface area contributed by atoms with Crippen LogP contribution in [0.2, 0.25) is 5.02 Å². The molecule has 1 fully saturated rings. The highest BCUT2D eigenvalue weighted by molar-refractivity contribution is 6.30. The molecule has 31 heavy (non-hydrogen) atoms. The quantitative estimate of drug-likeness (QED) is 0.473. The Balaban J connectivity index is 1.35. The van der Waals surface area contributed by atoms with E-state index in [1.807, 2.05) is 54.3 Å². The van der Waals surface area contributed by atoms with Gasteiger partial charge in [0.1, 0.15) is 0 Å². The second-order valence-corrected chi connectivity index (χ2v) is 8.04. The second kappa shape index (κ2) is 8.40. The summed E-state index contributed by atoms with van der Waals surface area (Å²) in [6.07, 6.45) is 3.85. The second-order valence-electron chi connectivity index (χ2n) is 7.60. The van der Waals surface area contributed by atoms with Crippen LogP contribution in [0.5, 0.6) is 0 Å². The molecule has 6 nitrogen and oxygen atoms in total. The van der Waals surface area contributed by atoms with Crippen molar-refractivity contribution in [3.63, 3.8) is 0 Å². The third-order valence-corrected chi connectivity index (χ3v) is 5.84. The monoisotopic (exact) mass is 430 g/mol. The highest BCUT2D eigenvalue weighted by Gasteiger charge is 2.20. The fraction of sp³-hybridized carbons (Fsp3) is 0.208. The first-order valence-corrected chi connectivity index (χ1v) is 10.8. The average molecular weight is 431 g/mol. The van der Waals surface area contributed by atoms with Crippen LogP contribution in [0.15, 0.2) is 73.1 Å². The van der Waals surface area contributed by atoms with Crippen LogP contribution in [0.1, 0.15) is 5.69 Å². The van der Waals surface area contributed by atoms with E-state index in [1.54, 1.807) is 0 Å². The topological polar surface area (TPSA) is 50.1 Å². The first-order valence-electron chi connectivity index (χ1n) is 10.4. The van der Waals surface area contributed by atoms with E-state index in [0.29, 0.717) is 5.02 Å². The summed E-state index contributed by atoms with van der Waals surface area (Å²) in [6.45, 7) is 5.68. The smallest absolute Gasteiger partial charge is 0.225 e. The molecule has 0 aliphatic carbocycles. The number of nitrogens with zero attached hydrogens (tertiary/aromatic N) is 6. The van der Waals surface area contributed by atoms with Gasteiger partial charge in [0.05, 0.1) is 17.1 Å². The van der Waals surface area contributed by atoms with Gasteiger partial charge in [-0.05, 0) is 49.4 Å². The summed E-state index contributed by atoms with van der Waals surface area (Å²) in [4.78, 5) is 14.1. The van der Waals surface area contributed by atoms with E-state index >= 15 is 0 Å². The fourth-order valence-electron chi connectivity index (χ4n) is 3.89. The van der Waals surface area contributed by atoms with E-state index in [4.69, 9.17) is 16.6 Å². The van der Waals surface area contributed by atoms with E-state index in [9.17, 15) is 0 Å². The van der Waals surface area contributed by atoms with Gasteiger partial charge < -0.3 is 9.80 Å². The van der Waals surface area contributed by atoms with Gasteiger partial charge in [-0.15, -0.1) is 0 Å². The number of hydrogen-bond donors (Lipinski definition) is 0. The molecule has 0 N–H and O–H groups in total. The molecule has 0 unspecified atom stereocenters. The van der Waals surface area contributed by atoms with E-state index in [0.717, 1.165) is 54.8 Å². The third-order valence-electron chi connectivity index (χ3n) is 5.59. The molecule has 0 radical (unpaired) electrons. The van der Waals surface area contributed by atoms with Crippen LogP contribution < -0.4 is 9.80 Å². The van der Waals surface area contributed by atoms with Crippen LogP contribution in [0, 0.1) is 6.92 Å². The zero-order chi connectivity index (χ0) is 21.2. The molecule has 1 aliphatic heterocycles. The van der Waals surface area contributed by atoms with Gasteiger partial charge in [0.15, 0.2) is 0 Å². The molecule has 4 aromatic rings. The number of aryl methyl sites for hydroxylation is 1. The lowest BCUT2D eigenvalue weighted by Crippen LogP contribution is -2.47. The van der Waals surface area contributed by atoms with Crippen LogP contribution in [0.4, 0.5) is 11.6 Å². The van der Waals surface area contributed by atoms with Gasteiger partial charge in [-0.2, -0.15) is 5.10 Å². The van der Waals surface area contributed by atoms with Crippen molar-refractivity contribution in [2.24, 2.45) is 0 Å². The van der Waals surface area contributed by atoms with Gasteiger partial charge >= 0.3 is 0 Å². The normalized spacial score (nSPS) is 14.1. The molecular formula is C24H23ClN6. The van der Waals surface area contributed by atoms with Crippen molar-refractivity contribution >= 4 is 23.2 Å². The van der Waals surface area contributed by atoms with E-state index in [2.05, 4.69) is 50.2 Å². The number of anilines is 2. The summed E-state index contributed by atoms with van der Waals surface area (Å²) in [7, 11) is 0. The SMILES string of the molecule is Cc1nn(-c2ccc(Cl)cc2)cc1-c1ccnc(N2CCN(c3ccccc3)CC2)n1. The Morgan fingerprint density at radius 2 is 1.52 bits per heavy atom. The molecule has 2 aromatic carbocycles. The number of benzene rings is 2. The minimum absolute atomic E-state index is 0.709. The summed E-state index contributed by atoms with van der Waals surface area (Å²) in [6, 6.07) is 20.1. The Bertz CT molecular complexity index is 1160. The summed E-state index contributed by atoms with van der Waals surface area (Å²) >= 11 is 6.01. The molecule has 3 heterocycles. The van der Waals surface area contributed by atoms with Crippen LogP contribution in [-0.2, 0) is 0 Å². The van der Waals surface area contributed by atoms with Gasteiger partial charge in [-0.1, -0.05) is 29.8 Å². The first-order chi connectivity index (χ1) is 15.2. The largest absolute Gasteiger partial charge is 0.368 e. The van der Waals surface area contributed by atoms with Crippen LogP contribution >= 0.6 is 11.6 Å². The minimum atomic E-state index is 0.709. The Kier molecular flexibility index (Phi) is 5.30. The highest BCUT2D eigenvalue weighted by Crippen LogP contribution is 2.25. The summed E-state index contributed by atoms with van der Waals surface area (Å²) in [5.41, 5.74) is 5.04. The van der Waals surface area contributed by atoms with Crippen LogP contribution in [-0.4, -0.2) is 45.9 Å². The summed E-state index contributed by atoms with van der Waals surface area (Å²) in [5, 5.41) is 5.37. The minimum Gasteiger partial charge on any atom is -0.368 e. The molecule has 1 aliphatic rings. The van der Waals surface area contributed by atoms with Gasteiger partial charge in [0.25, 0.3) is 0 Å². The molecule has 2 aromatic heterocycles. The summed E-state index contributed by atoms with van der Waals surface area (Å²) in [5.74, 6) is 0.767. The van der Waals surface area contributed by atoms with Crippen molar-refractivity contribution in [1.82, 2.24) is 19.7 Å². The molecule has 0 amide bonds. The molecule has 5 rings (SSSR count). The number of piperazine rings is 1. The molecule has 0 atom stereocenters. The zero-order valence-electron chi connectivity index (χ0n) is 17.3. The summed E-state index contributed by atoms with van der Waals surface area (Å²) < 4.78 is 1.86. The van der Waals surface area contributed by atoms with E-state index in [-0.39, 0.29) is 0 Å². The standard InChI is InChI=1S/C24H23ClN6/c1-18-22(17-31(28-18)21-9-7-19(25)8-10-21)23-11-12-26-24(27-23)30-15-13-29(14-16-30)20-5-3-2-4-6-20/h2-12,17H,13-16H2,1H3. The molecular weight excluding hydrogens is 408 g/mol. The van der Waals surface area contributed by atoms with Gasteiger partial charge in [0, 0.05) is 54.8 Å². The number of halogens is 1. The Labute approximate surface area is 186 Å². The lowest BCUT2D eigenvalue weighted by atomic mass is 10.2. The lowest BCUT2D eigenvalue weighted by molar-refractivity contribution is 0.640. The number of hydrogen-bond acceptors (Lipinski definition) is 5. The molecule has 0 bridgehead atoms. The Morgan fingerprint density at radius 1 is 0.806 bits per heavy atom. The highest BCUT2D eigenvalue weighted by atomic mass is 35.5. The predicted molar refractivity (Wildman–Crippen MR) is 125 cm³/mol. The molecule has 0 spiro atoms. The number of aromatic nitrogens is 4. The molecule has 7 heteroatoms. The maximum absolute atomic E-state index is 6.01. The van der Waals surface area contributed by atoms with Crippen LogP contribution in [0.25, 0.3) is 16.9 Å². The van der Waals surface area contributed by atoms with Crippen LogP contribution in [0.3, 0.4) is 0 Å². The maximum Gasteiger partial charge on any atom is 0.225 e. The maximum atomic E-state index is 6.01. The van der Waals surface area contributed by atoms with Crippen molar-refractivity contribution in [1.29, 1.82) is 0 Å². The number of para-hydroxylation sites is 1. The molecule has 1 saturated heterocycles. The molecule has 0 saturated carbocycles. The van der Waals surface area contributed by atoms with Gasteiger partial charge in [-0.25, -0.2) is 14.6 Å². The Morgan fingerprint density at radius 3 is 2.26 bits per heavy atom.